The van der Waals surface area contributed by atoms with Gasteiger partial charge in [0.15, 0.2) is 5.65 Å². The van der Waals surface area contributed by atoms with Gasteiger partial charge in [-0.05, 0) is 32.1 Å². The van der Waals surface area contributed by atoms with Crippen LogP contribution in [-0.2, 0) is 11.2 Å². The number of imidazole rings is 1. The third-order valence-electron chi connectivity index (χ3n) is 3.53. The van der Waals surface area contributed by atoms with Crippen molar-refractivity contribution in [3.8, 4) is 0 Å². The summed E-state index contributed by atoms with van der Waals surface area (Å²) in [6, 6.07) is 3.91. The number of likely N-dealkylation sites (tertiary alicyclic amines) is 1. The summed E-state index contributed by atoms with van der Waals surface area (Å²) in [4.78, 5) is 17.2. The minimum absolute atomic E-state index is 0.0646. The van der Waals surface area contributed by atoms with E-state index in [4.69, 9.17) is 5.11 Å². The molecule has 0 aromatic carbocycles. The molecule has 1 N–H and O–H groups in total. The molecular weight excluding hydrogens is 244 g/mol. The molecule has 6 nitrogen and oxygen atoms in total. The molecule has 0 radical (unpaired) electrons. The Balaban J connectivity index is 1.90. The molecule has 2 aromatic heterocycles. The Morgan fingerprint density at radius 2 is 2.37 bits per heavy atom. The highest BCUT2D eigenvalue weighted by Crippen LogP contribution is 2.24. The van der Waals surface area contributed by atoms with E-state index in [-0.39, 0.29) is 6.42 Å². The second-order valence-corrected chi connectivity index (χ2v) is 5.11. The SMILES string of the molecule is CN1CCC(c2ccc3nc(CC(=O)O)cn3n2)C1. The molecule has 0 amide bonds. The van der Waals surface area contributed by atoms with E-state index in [1.807, 2.05) is 12.1 Å². The maximum absolute atomic E-state index is 10.7. The number of hydrogen-bond donors (Lipinski definition) is 1. The van der Waals surface area contributed by atoms with Crippen LogP contribution in [0.15, 0.2) is 18.3 Å². The molecule has 19 heavy (non-hydrogen) atoms. The van der Waals surface area contributed by atoms with Crippen molar-refractivity contribution in [3.05, 3.63) is 29.7 Å². The molecule has 0 aliphatic carbocycles. The highest BCUT2D eigenvalue weighted by molar-refractivity contribution is 5.69. The molecule has 1 atom stereocenters. The third kappa shape index (κ3) is 2.44. The van der Waals surface area contributed by atoms with Crippen LogP contribution in [0.4, 0.5) is 0 Å². The molecule has 1 fully saturated rings. The van der Waals surface area contributed by atoms with Crippen molar-refractivity contribution in [2.45, 2.75) is 18.8 Å². The van der Waals surface area contributed by atoms with Crippen molar-refractivity contribution in [2.75, 3.05) is 20.1 Å². The molecule has 6 heteroatoms. The Labute approximate surface area is 110 Å². The highest BCUT2D eigenvalue weighted by Gasteiger charge is 2.22. The second kappa shape index (κ2) is 4.62. The molecule has 2 aromatic rings. The predicted molar refractivity (Wildman–Crippen MR) is 69.2 cm³/mol. The lowest BCUT2D eigenvalue weighted by atomic mass is 10.1. The largest absolute Gasteiger partial charge is 0.481 e. The van der Waals surface area contributed by atoms with Crippen LogP contribution in [0, 0.1) is 0 Å². The van der Waals surface area contributed by atoms with Gasteiger partial charge in [-0.25, -0.2) is 9.50 Å². The summed E-state index contributed by atoms with van der Waals surface area (Å²) in [7, 11) is 2.11. The summed E-state index contributed by atoms with van der Waals surface area (Å²) < 4.78 is 1.69. The zero-order chi connectivity index (χ0) is 13.4. The van der Waals surface area contributed by atoms with Crippen molar-refractivity contribution in [3.63, 3.8) is 0 Å². The van der Waals surface area contributed by atoms with Crippen LogP contribution in [0.3, 0.4) is 0 Å². The van der Waals surface area contributed by atoms with Gasteiger partial charge < -0.3 is 10.0 Å². The van der Waals surface area contributed by atoms with Gasteiger partial charge in [0.25, 0.3) is 0 Å². The fourth-order valence-corrected chi connectivity index (χ4v) is 2.58. The zero-order valence-corrected chi connectivity index (χ0v) is 10.8. The number of fused-ring (bicyclic) bond motifs is 1. The number of hydrogen-bond acceptors (Lipinski definition) is 4. The van der Waals surface area contributed by atoms with Crippen molar-refractivity contribution in [2.24, 2.45) is 0 Å². The van der Waals surface area contributed by atoms with Gasteiger partial charge in [-0.3, -0.25) is 4.79 Å². The molecule has 1 saturated heterocycles. The zero-order valence-electron chi connectivity index (χ0n) is 10.8. The fraction of sp³-hybridized carbons (Fsp3) is 0.462. The molecule has 3 heterocycles. The van der Waals surface area contributed by atoms with Crippen molar-refractivity contribution in [1.29, 1.82) is 0 Å². The van der Waals surface area contributed by atoms with E-state index in [2.05, 4.69) is 22.0 Å². The van der Waals surface area contributed by atoms with Crippen LogP contribution < -0.4 is 0 Å². The van der Waals surface area contributed by atoms with E-state index in [0.717, 1.165) is 25.2 Å². The van der Waals surface area contributed by atoms with Gasteiger partial charge in [0, 0.05) is 12.5 Å². The Morgan fingerprint density at radius 1 is 1.53 bits per heavy atom. The quantitative estimate of drug-likeness (QED) is 0.883. The van der Waals surface area contributed by atoms with Crippen LogP contribution in [-0.4, -0.2) is 50.7 Å². The first-order valence-electron chi connectivity index (χ1n) is 6.37. The monoisotopic (exact) mass is 260 g/mol. The van der Waals surface area contributed by atoms with Crippen LogP contribution in [0.25, 0.3) is 5.65 Å². The smallest absolute Gasteiger partial charge is 0.309 e. The standard InChI is InChI=1S/C13H16N4O2/c1-16-5-4-9(7-16)11-2-3-12-14-10(6-13(18)19)8-17(12)15-11/h2-3,8-9H,4-7H2,1H3,(H,18,19). The first-order chi connectivity index (χ1) is 9.11. The van der Waals surface area contributed by atoms with Gasteiger partial charge in [-0.1, -0.05) is 0 Å². The van der Waals surface area contributed by atoms with Gasteiger partial charge in [-0.2, -0.15) is 5.10 Å². The lowest BCUT2D eigenvalue weighted by Gasteiger charge is -2.09. The third-order valence-corrected chi connectivity index (χ3v) is 3.53. The Bertz CT molecular complexity index is 622. The number of likely N-dealkylation sites (N-methyl/N-ethyl adjacent to an activating group) is 1. The van der Waals surface area contributed by atoms with E-state index < -0.39 is 5.97 Å². The minimum atomic E-state index is -0.874. The second-order valence-electron chi connectivity index (χ2n) is 5.11. The van der Waals surface area contributed by atoms with E-state index in [1.165, 1.54) is 0 Å². The van der Waals surface area contributed by atoms with Gasteiger partial charge in [0.05, 0.1) is 24.0 Å². The molecule has 1 unspecified atom stereocenters. The van der Waals surface area contributed by atoms with E-state index >= 15 is 0 Å². The highest BCUT2D eigenvalue weighted by atomic mass is 16.4. The fourth-order valence-electron chi connectivity index (χ4n) is 2.58. The maximum atomic E-state index is 10.7. The number of carboxylic acid groups (broad SMARTS) is 1. The molecular formula is C13H16N4O2. The summed E-state index contributed by atoms with van der Waals surface area (Å²) >= 11 is 0. The lowest BCUT2D eigenvalue weighted by molar-refractivity contribution is -0.136. The lowest BCUT2D eigenvalue weighted by Crippen LogP contribution is -2.14. The molecule has 0 bridgehead atoms. The van der Waals surface area contributed by atoms with E-state index in [0.29, 0.717) is 17.3 Å². The topological polar surface area (TPSA) is 70.7 Å². The number of nitrogens with zero attached hydrogens (tertiary/aromatic N) is 4. The van der Waals surface area contributed by atoms with Gasteiger partial charge >= 0.3 is 5.97 Å². The first kappa shape index (κ1) is 12.1. The molecule has 1 aliphatic rings. The average Bonchev–Trinajstić information content (AvgIpc) is 2.92. The van der Waals surface area contributed by atoms with Gasteiger partial charge in [0.1, 0.15) is 0 Å². The van der Waals surface area contributed by atoms with Crippen LogP contribution in [0.5, 0.6) is 0 Å². The first-order valence-corrected chi connectivity index (χ1v) is 6.37. The van der Waals surface area contributed by atoms with Crippen molar-refractivity contribution >= 4 is 11.6 Å². The number of carbonyl (C=O) groups is 1. The van der Waals surface area contributed by atoms with E-state index in [1.54, 1.807) is 10.7 Å². The van der Waals surface area contributed by atoms with Crippen molar-refractivity contribution < 1.29 is 9.90 Å². The Morgan fingerprint density at radius 3 is 3.05 bits per heavy atom. The molecule has 3 rings (SSSR count). The average molecular weight is 260 g/mol. The number of rotatable bonds is 3. The van der Waals surface area contributed by atoms with Crippen molar-refractivity contribution in [1.82, 2.24) is 19.5 Å². The molecule has 100 valence electrons. The number of carboxylic acids is 1. The van der Waals surface area contributed by atoms with Crippen LogP contribution in [0.1, 0.15) is 23.7 Å². The molecule has 0 spiro atoms. The summed E-state index contributed by atoms with van der Waals surface area (Å²) in [6.45, 7) is 2.12. The minimum Gasteiger partial charge on any atom is -0.481 e. The Hall–Kier alpha value is -1.95. The molecule has 0 saturated carbocycles. The number of aliphatic carboxylic acids is 1. The Kier molecular flexibility index (Phi) is 2.94. The summed E-state index contributed by atoms with van der Waals surface area (Å²) in [5, 5.41) is 13.3. The summed E-state index contributed by atoms with van der Waals surface area (Å²) in [6.07, 6.45) is 2.75. The number of aromatic nitrogens is 3. The predicted octanol–water partition coefficient (Wildman–Crippen LogP) is 0.775. The molecule has 1 aliphatic heterocycles. The summed E-state index contributed by atoms with van der Waals surface area (Å²) in [5.41, 5.74) is 2.29. The van der Waals surface area contributed by atoms with Crippen LogP contribution >= 0.6 is 0 Å². The normalized spacial score (nSPS) is 20.2. The summed E-state index contributed by atoms with van der Waals surface area (Å²) in [5.74, 6) is -0.416. The van der Waals surface area contributed by atoms with Gasteiger partial charge in [-0.15, -0.1) is 0 Å². The van der Waals surface area contributed by atoms with E-state index in [9.17, 15) is 4.79 Å². The maximum Gasteiger partial charge on any atom is 0.309 e. The van der Waals surface area contributed by atoms with Crippen LogP contribution in [0.2, 0.25) is 0 Å². The van der Waals surface area contributed by atoms with Gasteiger partial charge in [0.2, 0.25) is 0 Å².